The molecular formula is C13H30N2. The van der Waals surface area contributed by atoms with Crippen molar-refractivity contribution in [3.05, 3.63) is 0 Å². The van der Waals surface area contributed by atoms with Gasteiger partial charge in [0.05, 0.1) is 0 Å². The molecule has 0 saturated carbocycles. The molecule has 15 heavy (non-hydrogen) atoms. The van der Waals surface area contributed by atoms with Crippen molar-refractivity contribution in [2.75, 3.05) is 20.1 Å². The Morgan fingerprint density at radius 2 is 1.87 bits per heavy atom. The minimum Gasteiger partial charge on any atom is -0.313 e. The van der Waals surface area contributed by atoms with E-state index in [2.05, 4.69) is 45.0 Å². The molecule has 92 valence electrons. The first kappa shape index (κ1) is 14.9. The van der Waals surface area contributed by atoms with Gasteiger partial charge in [0.1, 0.15) is 0 Å². The summed E-state index contributed by atoms with van der Waals surface area (Å²) >= 11 is 0. The summed E-state index contributed by atoms with van der Waals surface area (Å²) in [5, 5.41) is 3.65. The number of hydrogen-bond acceptors (Lipinski definition) is 2. The maximum atomic E-state index is 3.65. The smallest absolute Gasteiger partial charge is 0.0107 e. The zero-order chi connectivity index (χ0) is 11.7. The first-order valence-corrected chi connectivity index (χ1v) is 6.55. The van der Waals surface area contributed by atoms with E-state index in [-0.39, 0.29) is 0 Å². The Hall–Kier alpha value is -0.0800. The Morgan fingerprint density at radius 3 is 2.33 bits per heavy atom. The lowest BCUT2D eigenvalue weighted by atomic mass is 10.1. The summed E-state index contributed by atoms with van der Waals surface area (Å²) in [6, 6.07) is 1.38. The Balaban J connectivity index is 3.53. The summed E-state index contributed by atoms with van der Waals surface area (Å²) in [6.07, 6.45) is 5.25. The lowest BCUT2D eigenvalue weighted by molar-refractivity contribution is 0.266. The zero-order valence-corrected chi connectivity index (χ0v) is 11.3. The molecule has 0 aromatic rings. The van der Waals surface area contributed by atoms with Crippen molar-refractivity contribution in [3.63, 3.8) is 0 Å². The Bertz CT molecular complexity index is 134. The van der Waals surface area contributed by atoms with Crippen molar-refractivity contribution in [2.45, 2.75) is 65.5 Å². The molecule has 2 nitrogen and oxygen atoms in total. The van der Waals surface area contributed by atoms with Crippen LogP contribution in [0.2, 0.25) is 0 Å². The molecule has 0 spiro atoms. The van der Waals surface area contributed by atoms with Gasteiger partial charge in [-0.15, -0.1) is 0 Å². The largest absolute Gasteiger partial charge is 0.313 e. The van der Waals surface area contributed by atoms with Gasteiger partial charge in [0.2, 0.25) is 0 Å². The van der Waals surface area contributed by atoms with Crippen LogP contribution in [0.1, 0.15) is 53.4 Å². The molecule has 1 atom stereocenters. The maximum Gasteiger partial charge on any atom is 0.0107 e. The standard InChI is InChI=1S/C13H30N2/c1-6-8-9-13(7-2)14-10-11-15(5)12(3)4/h12-14H,6-11H2,1-5H3. The van der Waals surface area contributed by atoms with Crippen molar-refractivity contribution < 1.29 is 0 Å². The highest BCUT2D eigenvalue weighted by Crippen LogP contribution is 2.03. The highest BCUT2D eigenvalue weighted by Gasteiger charge is 2.06. The summed E-state index contributed by atoms with van der Waals surface area (Å²) in [7, 11) is 2.19. The molecule has 0 radical (unpaired) electrons. The maximum absolute atomic E-state index is 3.65. The number of likely N-dealkylation sites (N-methyl/N-ethyl adjacent to an activating group) is 1. The van der Waals surface area contributed by atoms with Crippen LogP contribution in [0.3, 0.4) is 0 Å². The number of hydrogen-bond donors (Lipinski definition) is 1. The number of nitrogens with one attached hydrogen (secondary N) is 1. The molecule has 1 N–H and O–H groups in total. The van der Waals surface area contributed by atoms with Gasteiger partial charge in [0.15, 0.2) is 0 Å². The average molecular weight is 214 g/mol. The first-order chi connectivity index (χ1) is 7.11. The molecule has 2 heteroatoms. The van der Waals surface area contributed by atoms with Crippen molar-refractivity contribution in [1.29, 1.82) is 0 Å². The Labute approximate surface area is 96.4 Å². The second-order valence-electron chi connectivity index (χ2n) is 4.78. The molecule has 0 amide bonds. The third-order valence-corrected chi connectivity index (χ3v) is 3.18. The van der Waals surface area contributed by atoms with Crippen LogP contribution in [0.5, 0.6) is 0 Å². The van der Waals surface area contributed by atoms with Crippen molar-refractivity contribution >= 4 is 0 Å². The SMILES string of the molecule is CCCCC(CC)NCCN(C)C(C)C. The van der Waals surface area contributed by atoms with E-state index in [1.54, 1.807) is 0 Å². The third kappa shape index (κ3) is 7.80. The molecule has 0 aromatic carbocycles. The van der Waals surface area contributed by atoms with E-state index in [1.807, 2.05) is 0 Å². The Morgan fingerprint density at radius 1 is 1.20 bits per heavy atom. The van der Waals surface area contributed by atoms with Crippen LogP contribution < -0.4 is 5.32 Å². The summed E-state index contributed by atoms with van der Waals surface area (Å²) in [6.45, 7) is 11.3. The topological polar surface area (TPSA) is 15.3 Å². The Kier molecular flexibility index (Phi) is 9.12. The molecule has 0 saturated heterocycles. The fourth-order valence-corrected chi connectivity index (χ4v) is 1.60. The first-order valence-electron chi connectivity index (χ1n) is 6.55. The van der Waals surface area contributed by atoms with E-state index in [4.69, 9.17) is 0 Å². The molecule has 0 aliphatic carbocycles. The molecule has 0 aliphatic heterocycles. The summed E-state index contributed by atoms with van der Waals surface area (Å²) in [4.78, 5) is 2.39. The number of unbranched alkanes of at least 4 members (excludes halogenated alkanes) is 1. The van der Waals surface area contributed by atoms with E-state index in [0.717, 1.165) is 19.1 Å². The zero-order valence-electron chi connectivity index (χ0n) is 11.3. The van der Waals surface area contributed by atoms with Gasteiger partial charge in [-0.1, -0.05) is 26.7 Å². The van der Waals surface area contributed by atoms with Gasteiger partial charge in [-0.25, -0.2) is 0 Å². The molecular weight excluding hydrogens is 184 g/mol. The summed E-state index contributed by atoms with van der Waals surface area (Å²) in [5.41, 5.74) is 0. The van der Waals surface area contributed by atoms with E-state index in [9.17, 15) is 0 Å². The summed E-state index contributed by atoms with van der Waals surface area (Å²) in [5.74, 6) is 0. The van der Waals surface area contributed by atoms with E-state index >= 15 is 0 Å². The lowest BCUT2D eigenvalue weighted by Gasteiger charge is -2.23. The van der Waals surface area contributed by atoms with Crippen LogP contribution in [-0.4, -0.2) is 37.1 Å². The molecule has 0 heterocycles. The molecule has 0 bridgehead atoms. The van der Waals surface area contributed by atoms with Crippen LogP contribution in [-0.2, 0) is 0 Å². The minimum absolute atomic E-state index is 0.655. The van der Waals surface area contributed by atoms with Crippen LogP contribution in [0.25, 0.3) is 0 Å². The van der Waals surface area contributed by atoms with Crippen LogP contribution in [0, 0.1) is 0 Å². The van der Waals surface area contributed by atoms with Crippen molar-refractivity contribution in [2.24, 2.45) is 0 Å². The molecule has 0 fully saturated rings. The van der Waals surface area contributed by atoms with Gasteiger partial charge in [0.25, 0.3) is 0 Å². The van der Waals surface area contributed by atoms with Gasteiger partial charge in [-0.05, 0) is 33.7 Å². The molecule has 0 aromatic heterocycles. The lowest BCUT2D eigenvalue weighted by Crippen LogP contribution is -2.37. The number of rotatable bonds is 9. The second kappa shape index (κ2) is 9.17. The van der Waals surface area contributed by atoms with Crippen molar-refractivity contribution in [1.82, 2.24) is 10.2 Å². The quantitative estimate of drug-likeness (QED) is 0.635. The van der Waals surface area contributed by atoms with Crippen molar-refractivity contribution in [3.8, 4) is 0 Å². The fraction of sp³-hybridized carbons (Fsp3) is 1.00. The van der Waals surface area contributed by atoms with Gasteiger partial charge >= 0.3 is 0 Å². The predicted molar refractivity (Wildman–Crippen MR) is 69.4 cm³/mol. The normalized spacial score (nSPS) is 13.8. The fourth-order valence-electron chi connectivity index (χ4n) is 1.60. The predicted octanol–water partition coefficient (Wildman–Crippen LogP) is 2.89. The molecule has 0 rings (SSSR count). The highest BCUT2D eigenvalue weighted by molar-refractivity contribution is 4.66. The number of nitrogens with zero attached hydrogens (tertiary/aromatic N) is 1. The summed E-state index contributed by atoms with van der Waals surface area (Å²) < 4.78 is 0. The van der Waals surface area contributed by atoms with Crippen LogP contribution >= 0.6 is 0 Å². The molecule has 1 unspecified atom stereocenters. The van der Waals surface area contributed by atoms with Crippen LogP contribution in [0.15, 0.2) is 0 Å². The van der Waals surface area contributed by atoms with E-state index in [1.165, 1.54) is 25.7 Å². The van der Waals surface area contributed by atoms with Gasteiger partial charge in [0, 0.05) is 25.2 Å². The third-order valence-electron chi connectivity index (χ3n) is 3.18. The second-order valence-corrected chi connectivity index (χ2v) is 4.78. The van der Waals surface area contributed by atoms with Crippen LogP contribution in [0.4, 0.5) is 0 Å². The van der Waals surface area contributed by atoms with Gasteiger partial charge < -0.3 is 10.2 Å². The van der Waals surface area contributed by atoms with Gasteiger partial charge in [-0.3, -0.25) is 0 Å². The minimum atomic E-state index is 0.655. The van der Waals surface area contributed by atoms with E-state index in [0.29, 0.717) is 6.04 Å². The molecule has 0 aliphatic rings. The highest BCUT2D eigenvalue weighted by atomic mass is 15.1. The average Bonchev–Trinajstić information content (AvgIpc) is 2.22. The van der Waals surface area contributed by atoms with E-state index < -0.39 is 0 Å². The monoisotopic (exact) mass is 214 g/mol. The van der Waals surface area contributed by atoms with Gasteiger partial charge in [-0.2, -0.15) is 0 Å².